The van der Waals surface area contributed by atoms with Gasteiger partial charge in [-0.15, -0.1) is 0 Å². The second-order valence-corrected chi connectivity index (χ2v) is 8.43. The van der Waals surface area contributed by atoms with Crippen molar-refractivity contribution < 1.29 is 4.74 Å². The van der Waals surface area contributed by atoms with Gasteiger partial charge in [0.15, 0.2) is 5.65 Å². The zero-order valence-electron chi connectivity index (χ0n) is 19.3. The van der Waals surface area contributed by atoms with Gasteiger partial charge >= 0.3 is 0 Å². The van der Waals surface area contributed by atoms with Gasteiger partial charge in [0, 0.05) is 24.7 Å². The Morgan fingerprint density at radius 2 is 1.63 bits per heavy atom. The molecule has 4 rings (SSSR count). The van der Waals surface area contributed by atoms with Crippen LogP contribution < -0.4 is 0 Å². The number of fused-ring (bicyclic) bond motifs is 3. The molecule has 0 aliphatic heterocycles. The van der Waals surface area contributed by atoms with E-state index in [2.05, 4.69) is 68.8 Å². The lowest BCUT2D eigenvalue weighted by Crippen LogP contribution is -2.10. The van der Waals surface area contributed by atoms with E-state index in [1.54, 1.807) is 7.11 Å². The molecule has 0 aliphatic rings. The third kappa shape index (κ3) is 3.21. The summed E-state index contributed by atoms with van der Waals surface area (Å²) in [6.07, 6.45) is 2.13. The van der Waals surface area contributed by atoms with E-state index in [1.807, 2.05) is 0 Å². The average Bonchev–Trinajstić information content (AvgIpc) is 3.18. The lowest BCUT2D eigenvalue weighted by atomic mass is 9.94. The molecule has 1 aromatic carbocycles. The maximum Gasteiger partial charge on any atom is 0.165 e. The van der Waals surface area contributed by atoms with Crippen LogP contribution in [-0.2, 0) is 17.7 Å². The highest BCUT2D eigenvalue weighted by molar-refractivity contribution is 5.90. The standard InChI is InChI=1S/C25H32N4O/c1-8-9-20-14-21-18(5)26-24-23(22-16(3)12-15(2)13-17(22)4)19(6)27-29(24)25(21)28(20)10-11-30-7/h12-14H,8-11H2,1-7H3. The van der Waals surface area contributed by atoms with Gasteiger partial charge in [-0.1, -0.05) is 31.0 Å². The van der Waals surface area contributed by atoms with E-state index in [9.17, 15) is 0 Å². The van der Waals surface area contributed by atoms with Crippen molar-refractivity contribution in [2.75, 3.05) is 13.7 Å². The van der Waals surface area contributed by atoms with Crippen LogP contribution in [0.4, 0.5) is 0 Å². The Hall–Kier alpha value is -2.66. The first-order valence-corrected chi connectivity index (χ1v) is 10.8. The molecule has 0 bridgehead atoms. The molecule has 0 spiro atoms. The third-order valence-corrected chi connectivity index (χ3v) is 6.01. The average molecular weight is 405 g/mol. The smallest absolute Gasteiger partial charge is 0.165 e. The molecule has 0 N–H and O–H groups in total. The summed E-state index contributed by atoms with van der Waals surface area (Å²) in [4.78, 5) is 5.06. The normalized spacial score (nSPS) is 11.8. The number of rotatable bonds is 6. The van der Waals surface area contributed by atoms with Crippen LogP contribution in [0, 0.1) is 34.6 Å². The monoisotopic (exact) mass is 404 g/mol. The molecule has 30 heavy (non-hydrogen) atoms. The van der Waals surface area contributed by atoms with Crippen LogP contribution in [0.1, 0.15) is 47.1 Å². The van der Waals surface area contributed by atoms with Crippen LogP contribution in [0.25, 0.3) is 27.8 Å². The first kappa shape index (κ1) is 20.6. The highest BCUT2D eigenvalue weighted by atomic mass is 16.5. The second kappa shape index (κ2) is 7.88. The molecule has 0 atom stereocenters. The molecule has 0 unspecified atom stereocenters. The van der Waals surface area contributed by atoms with Crippen molar-refractivity contribution in [2.24, 2.45) is 0 Å². The summed E-state index contributed by atoms with van der Waals surface area (Å²) in [6.45, 7) is 14.4. The Labute approximate surface area is 178 Å². The van der Waals surface area contributed by atoms with Gasteiger partial charge in [-0.05, 0) is 63.8 Å². The molecule has 0 amide bonds. The number of benzene rings is 1. The number of ether oxygens (including phenoxy) is 1. The van der Waals surface area contributed by atoms with E-state index < -0.39 is 0 Å². The van der Waals surface area contributed by atoms with Crippen LogP contribution in [0.5, 0.6) is 0 Å². The molecule has 0 radical (unpaired) electrons. The molecular formula is C25H32N4O. The van der Waals surface area contributed by atoms with E-state index in [0.29, 0.717) is 6.61 Å². The van der Waals surface area contributed by atoms with Crippen molar-refractivity contribution in [1.82, 2.24) is 19.2 Å². The zero-order chi connectivity index (χ0) is 21.6. The third-order valence-electron chi connectivity index (χ3n) is 6.01. The topological polar surface area (TPSA) is 44.4 Å². The quantitative estimate of drug-likeness (QED) is 0.427. The first-order valence-electron chi connectivity index (χ1n) is 10.8. The summed E-state index contributed by atoms with van der Waals surface area (Å²) in [5, 5.41) is 6.17. The van der Waals surface area contributed by atoms with Crippen molar-refractivity contribution in [1.29, 1.82) is 0 Å². The van der Waals surface area contributed by atoms with E-state index in [1.165, 1.54) is 33.3 Å². The molecule has 3 aromatic heterocycles. The summed E-state index contributed by atoms with van der Waals surface area (Å²) in [6, 6.07) is 6.78. The second-order valence-electron chi connectivity index (χ2n) is 8.43. The van der Waals surface area contributed by atoms with Crippen molar-refractivity contribution in [3.63, 3.8) is 0 Å². The van der Waals surface area contributed by atoms with E-state index in [-0.39, 0.29) is 0 Å². The molecule has 5 nitrogen and oxygen atoms in total. The number of hydrogen-bond donors (Lipinski definition) is 0. The minimum atomic E-state index is 0.673. The van der Waals surface area contributed by atoms with Crippen LogP contribution in [-0.4, -0.2) is 32.9 Å². The molecule has 0 fully saturated rings. The van der Waals surface area contributed by atoms with Crippen LogP contribution >= 0.6 is 0 Å². The van der Waals surface area contributed by atoms with Crippen molar-refractivity contribution >= 4 is 16.7 Å². The predicted octanol–water partition coefficient (Wildman–Crippen LogP) is 5.49. The van der Waals surface area contributed by atoms with Crippen LogP contribution in [0.2, 0.25) is 0 Å². The molecule has 158 valence electrons. The molecule has 0 saturated heterocycles. The lowest BCUT2D eigenvalue weighted by molar-refractivity contribution is 0.187. The Morgan fingerprint density at radius 1 is 0.933 bits per heavy atom. The van der Waals surface area contributed by atoms with Gasteiger partial charge in [0.25, 0.3) is 0 Å². The van der Waals surface area contributed by atoms with Gasteiger partial charge in [-0.3, -0.25) is 0 Å². The summed E-state index contributed by atoms with van der Waals surface area (Å²) in [5.41, 5.74) is 11.7. The van der Waals surface area contributed by atoms with Gasteiger partial charge in [0.05, 0.1) is 23.6 Å². The summed E-state index contributed by atoms with van der Waals surface area (Å²) in [5.74, 6) is 0. The van der Waals surface area contributed by atoms with Crippen molar-refractivity contribution in [3.8, 4) is 11.1 Å². The summed E-state index contributed by atoms with van der Waals surface area (Å²) < 4.78 is 9.84. The fourth-order valence-corrected chi connectivity index (χ4v) is 4.83. The number of methoxy groups -OCH3 is 1. The van der Waals surface area contributed by atoms with Gasteiger partial charge in [-0.25, -0.2) is 4.98 Å². The number of aryl methyl sites for hydroxylation is 6. The summed E-state index contributed by atoms with van der Waals surface area (Å²) >= 11 is 0. The molecule has 0 aliphatic carbocycles. The van der Waals surface area contributed by atoms with Crippen molar-refractivity contribution in [3.05, 3.63) is 52.0 Å². The van der Waals surface area contributed by atoms with Crippen LogP contribution in [0.3, 0.4) is 0 Å². The molecule has 3 heterocycles. The lowest BCUT2D eigenvalue weighted by Gasteiger charge is -2.12. The Balaban J connectivity index is 2.09. The highest BCUT2D eigenvalue weighted by Crippen LogP contribution is 2.35. The Bertz CT molecular complexity index is 1220. The Kier molecular flexibility index (Phi) is 5.41. The molecule has 0 saturated carbocycles. The number of nitrogens with zero attached hydrogens (tertiary/aromatic N) is 4. The SMILES string of the molecule is CCCc1cc2c(C)nc3c(-c4c(C)cc(C)cc4C)c(C)nn3c2n1CCOC. The van der Waals surface area contributed by atoms with Gasteiger partial charge in [0.1, 0.15) is 5.65 Å². The molecule has 5 heteroatoms. The maximum absolute atomic E-state index is 5.41. The van der Waals surface area contributed by atoms with E-state index >= 15 is 0 Å². The Morgan fingerprint density at radius 3 is 2.27 bits per heavy atom. The maximum atomic E-state index is 5.41. The van der Waals surface area contributed by atoms with Gasteiger partial charge < -0.3 is 9.30 Å². The highest BCUT2D eigenvalue weighted by Gasteiger charge is 2.22. The molecular weight excluding hydrogens is 372 g/mol. The summed E-state index contributed by atoms with van der Waals surface area (Å²) in [7, 11) is 1.76. The zero-order valence-corrected chi connectivity index (χ0v) is 19.3. The van der Waals surface area contributed by atoms with Gasteiger partial charge in [0.2, 0.25) is 0 Å². The predicted molar refractivity (Wildman–Crippen MR) is 123 cm³/mol. The molecule has 4 aromatic rings. The van der Waals surface area contributed by atoms with Gasteiger partial charge in [-0.2, -0.15) is 9.61 Å². The number of hydrogen-bond acceptors (Lipinski definition) is 3. The van der Waals surface area contributed by atoms with E-state index in [4.69, 9.17) is 14.8 Å². The first-order chi connectivity index (χ1) is 14.4. The van der Waals surface area contributed by atoms with Crippen LogP contribution in [0.15, 0.2) is 18.2 Å². The fraction of sp³-hybridized carbons (Fsp3) is 0.440. The largest absolute Gasteiger partial charge is 0.383 e. The van der Waals surface area contributed by atoms with E-state index in [0.717, 1.165) is 47.6 Å². The fourth-order valence-electron chi connectivity index (χ4n) is 4.83. The van der Waals surface area contributed by atoms with Crippen molar-refractivity contribution in [2.45, 2.75) is 60.9 Å². The number of aromatic nitrogens is 4. The minimum Gasteiger partial charge on any atom is -0.383 e. The minimum absolute atomic E-state index is 0.673.